The summed E-state index contributed by atoms with van der Waals surface area (Å²) in [6, 6.07) is 57.4. The van der Waals surface area contributed by atoms with Gasteiger partial charge in [0.2, 0.25) is 0 Å². The highest BCUT2D eigenvalue weighted by molar-refractivity contribution is 6.16. The van der Waals surface area contributed by atoms with Crippen LogP contribution < -0.4 is 0 Å². The second-order valence-corrected chi connectivity index (χ2v) is 10.9. The Morgan fingerprint density at radius 2 is 0.864 bits per heavy atom. The molecule has 1 aromatic heterocycles. The number of fused-ring (bicyclic) bond motifs is 3. The molecule has 0 spiro atoms. The summed E-state index contributed by atoms with van der Waals surface area (Å²) in [5, 5.41) is 18.8. The van der Waals surface area contributed by atoms with Crippen molar-refractivity contribution in [2.75, 3.05) is 0 Å². The molecule has 0 aliphatic carbocycles. The molecule has 8 aromatic rings. The molecule has 44 heavy (non-hydrogen) atoms. The van der Waals surface area contributed by atoms with Gasteiger partial charge >= 0.3 is 0 Å². The number of aromatic nitrogens is 3. The Hall–Kier alpha value is -5.93. The lowest BCUT2D eigenvalue weighted by molar-refractivity contribution is 0.879. The molecule has 0 bridgehead atoms. The highest BCUT2D eigenvalue weighted by atomic mass is 15.3. The summed E-state index contributed by atoms with van der Waals surface area (Å²) in [6.07, 6.45) is 0. The zero-order valence-electron chi connectivity index (χ0n) is 23.9. The molecule has 0 radical (unpaired) electrons. The summed E-state index contributed by atoms with van der Waals surface area (Å²) in [4.78, 5) is 0. The van der Waals surface area contributed by atoms with Crippen LogP contribution in [0, 0.1) is 0 Å². The monoisotopic (exact) mass is 561 g/mol. The SMILES string of the molecule is c1ccc(-c2cccc(-c3cc4ccccc4c4ccccc34)c2-c2nnnc(-c3ccccc3)c2-c2ccccc2)cc1. The van der Waals surface area contributed by atoms with Crippen LogP contribution in [0.1, 0.15) is 0 Å². The summed E-state index contributed by atoms with van der Waals surface area (Å²) in [7, 11) is 0. The van der Waals surface area contributed by atoms with Crippen molar-refractivity contribution in [2.24, 2.45) is 0 Å². The Morgan fingerprint density at radius 3 is 1.59 bits per heavy atom. The first-order valence-electron chi connectivity index (χ1n) is 14.8. The third-order valence-corrected chi connectivity index (χ3v) is 8.32. The third kappa shape index (κ3) is 4.43. The van der Waals surface area contributed by atoms with Crippen molar-refractivity contribution in [3.8, 4) is 55.9 Å². The molecule has 0 aliphatic rings. The van der Waals surface area contributed by atoms with E-state index in [0.717, 1.165) is 55.9 Å². The molecule has 8 rings (SSSR count). The molecular formula is C41H27N3. The Labute approximate surface area is 256 Å². The fourth-order valence-corrected chi connectivity index (χ4v) is 6.34. The Kier molecular flexibility index (Phi) is 6.47. The third-order valence-electron chi connectivity index (χ3n) is 8.32. The maximum absolute atomic E-state index is 4.87. The van der Waals surface area contributed by atoms with Crippen molar-refractivity contribution in [1.29, 1.82) is 0 Å². The maximum Gasteiger partial charge on any atom is 0.106 e. The molecule has 7 aromatic carbocycles. The van der Waals surface area contributed by atoms with Crippen molar-refractivity contribution in [2.45, 2.75) is 0 Å². The minimum atomic E-state index is 0.803. The average molecular weight is 562 g/mol. The molecule has 0 saturated carbocycles. The van der Waals surface area contributed by atoms with Gasteiger partial charge in [-0.3, -0.25) is 0 Å². The van der Waals surface area contributed by atoms with Crippen LogP contribution in [0.3, 0.4) is 0 Å². The van der Waals surface area contributed by atoms with Gasteiger partial charge in [-0.05, 0) is 60.6 Å². The molecule has 1 heterocycles. The van der Waals surface area contributed by atoms with Crippen LogP contribution in [0.5, 0.6) is 0 Å². The van der Waals surface area contributed by atoms with Crippen molar-refractivity contribution < 1.29 is 0 Å². The molecule has 0 atom stereocenters. The van der Waals surface area contributed by atoms with Crippen LogP contribution in [-0.2, 0) is 0 Å². The first-order chi connectivity index (χ1) is 21.9. The van der Waals surface area contributed by atoms with Gasteiger partial charge in [-0.1, -0.05) is 158 Å². The predicted octanol–water partition coefficient (Wildman–Crippen LogP) is 10.5. The number of hydrogen-bond donors (Lipinski definition) is 0. The van der Waals surface area contributed by atoms with Gasteiger partial charge in [0.25, 0.3) is 0 Å². The normalized spacial score (nSPS) is 11.2. The van der Waals surface area contributed by atoms with Crippen LogP contribution in [0.15, 0.2) is 164 Å². The molecule has 0 amide bonds. The van der Waals surface area contributed by atoms with E-state index in [9.17, 15) is 0 Å². The molecule has 0 saturated heterocycles. The molecule has 3 nitrogen and oxygen atoms in total. The van der Waals surface area contributed by atoms with Crippen LogP contribution in [-0.4, -0.2) is 15.4 Å². The molecule has 0 aliphatic heterocycles. The Balaban J connectivity index is 1.53. The van der Waals surface area contributed by atoms with Crippen molar-refractivity contribution in [1.82, 2.24) is 15.4 Å². The molecule has 206 valence electrons. The van der Waals surface area contributed by atoms with Gasteiger partial charge in [0.05, 0.1) is 0 Å². The van der Waals surface area contributed by atoms with Gasteiger partial charge in [-0.25, -0.2) is 0 Å². The van der Waals surface area contributed by atoms with E-state index in [0.29, 0.717) is 0 Å². The second-order valence-electron chi connectivity index (χ2n) is 10.9. The van der Waals surface area contributed by atoms with E-state index in [1.807, 2.05) is 24.3 Å². The van der Waals surface area contributed by atoms with Crippen LogP contribution >= 0.6 is 0 Å². The first kappa shape index (κ1) is 25.8. The summed E-state index contributed by atoms with van der Waals surface area (Å²) < 4.78 is 0. The minimum Gasteiger partial charge on any atom is -0.129 e. The molecule has 3 heteroatoms. The first-order valence-corrected chi connectivity index (χ1v) is 14.8. The average Bonchev–Trinajstić information content (AvgIpc) is 3.12. The molecular weight excluding hydrogens is 534 g/mol. The van der Waals surface area contributed by atoms with E-state index in [2.05, 4.69) is 150 Å². The number of benzene rings is 7. The minimum absolute atomic E-state index is 0.803. The highest BCUT2D eigenvalue weighted by Gasteiger charge is 2.24. The largest absolute Gasteiger partial charge is 0.129 e. The summed E-state index contributed by atoms with van der Waals surface area (Å²) in [6.45, 7) is 0. The van der Waals surface area contributed by atoms with Gasteiger partial charge < -0.3 is 0 Å². The molecule has 0 N–H and O–H groups in total. The highest BCUT2D eigenvalue weighted by Crippen LogP contribution is 2.47. The van der Waals surface area contributed by atoms with Crippen molar-refractivity contribution in [3.05, 3.63) is 164 Å². The standard InChI is InChI=1S/C41H27N3/c1-4-15-28(16-5-1)33-25-14-26-36(37-27-31-21-10-11-22-32(31)34-23-12-13-24-35(34)37)39(33)41-38(29-17-6-2-7-18-29)40(42-44-43-41)30-19-8-3-9-20-30/h1-27H. The van der Waals surface area contributed by atoms with Crippen LogP contribution in [0.2, 0.25) is 0 Å². The molecule has 0 unspecified atom stereocenters. The van der Waals surface area contributed by atoms with E-state index in [4.69, 9.17) is 5.10 Å². The quantitative estimate of drug-likeness (QED) is 0.196. The van der Waals surface area contributed by atoms with E-state index in [1.165, 1.54) is 21.5 Å². The Morgan fingerprint density at radius 1 is 0.318 bits per heavy atom. The van der Waals surface area contributed by atoms with E-state index in [-0.39, 0.29) is 0 Å². The van der Waals surface area contributed by atoms with Crippen molar-refractivity contribution in [3.63, 3.8) is 0 Å². The van der Waals surface area contributed by atoms with Gasteiger partial charge in [0, 0.05) is 16.7 Å². The van der Waals surface area contributed by atoms with Gasteiger partial charge in [0.1, 0.15) is 11.4 Å². The summed E-state index contributed by atoms with van der Waals surface area (Å²) >= 11 is 0. The number of rotatable bonds is 5. The zero-order valence-corrected chi connectivity index (χ0v) is 23.9. The fourth-order valence-electron chi connectivity index (χ4n) is 6.34. The van der Waals surface area contributed by atoms with Gasteiger partial charge in [-0.15, -0.1) is 10.2 Å². The van der Waals surface area contributed by atoms with Crippen molar-refractivity contribution >= 4 is 21.5 Å². The van der Waals surface area contributed by atoms with E-state index < -0.39 is 0 Å². The summed E-state index contributed by atoms with van der Waals surface area (Å²) in [5.74, 6) is 0. The predicted molar refractivity (Wildman–Crippen MR) is 182 cm³/mol. The number of hydrogen-bond acceptors (Lipinski definition) is 3. The van der Waals surface area contributed by atoms with Gasteiger partial charge in [0.15, 0.2) is 0 Å². The van der Waals surface area contributed by atoms with Crippen LogP contribution in [0.25, 0.3) is 77.4 Å². The Bertz CT molecular complexity index is 2260. The lowest BCUT2D eigenvalue weighted by atomic mass is 9.84. The van der Waals surface area contributed by atoms with E-state index >= 15 is 0 Å². The fraction of sp³-hybridized carbons (Fsp3) is 0. The lowest BCUT2D eigenvalue weighted by Crippen LogP contribution is -2.02. The maximum atomic E-state index is 4.87. The topological polar surface area (TPSA) is 38.7 Å². The lowest BCUT2D eigenvalue weighted by Gasteiger charge is -2.20. The van der Waals surface area contributed by atoms with E-state index in [1.54, 1.807) is 0 Å². The smallest absolute Gasteiger partial charge is 0.106 e. The van der Waals surface area contributed by atoms with Crippen LogP contribution in [0.4, 0.5) is 0 Å². The van der Waals surface area contributed by atoms with Gasteiger partial charge in [-0.2, -0.15) is 0 Å². The molecule has 0 fully saturated rings. The second kappa shape index (κ2) is 11.0. The summed E-state index contributed by atoms with van der Waals surface area (Å²) in [5.41, 5.74) is 10.1. The zero-order chi connectivity index (χ0) is 29.3. The number of nitrogens with zero attached hydrogens (tertiary/aromatic N) is 3.